The van der Waals surface area contributed by atoms with Crippen LogP contribution in [0.3, 0.4) is 0 Å². The SMILES string of the molecule is CC(C)[C@@H](N)c1nc(C(C)(C)c2ccc(F)cc2)no1. The van der Waals surface area contributed by atoms with E-state index in [4.69, 9.17) is 10.3 Å². The topological polar surface area (TPSA) is 64.9 Å². The summed E-state index contributed by atoms with van der Waals surface area (Å²) in [6.45, 7) is 7.94. The second-order valence-corrected chi connectivity index (χ2v) is 5.86. The summed E-state index contributed by atoms with van der Waals surface area (Å²) < 4.78 is 18.3. The molecule has 1 aromatic heterocycles. The molecule has 4 nitrogen and oxygen atoms in total. The lowest BCUT2D eigenvalue weighted by atomic mass is 9.84. The first kappa shape index (κ1) is 14.7. The summed E-state index contributed by atoms with van der Waals surface area (Å²) in [5.74, 6) is 0.942. The summed E-state index contributed by atoms with van der Waals surface area (Å²) >= 11 is 0. The first-order valence-electron chi connectivity index (χ1n) is 6.68. The van der Waals surface area contributed by atoms with E-state index in [2.05, 4.69) is 10.1 Å². The van der Waals surface area contributed by atoms with Gasteiger partial charge in [-0.25, -0.2) is 4.39 Å². The fraction of sp³-hybridized carbons (Fsp3) is 0.467. The maximum atomic E-state index is 13.0. The van der Waals surface area contributed by atoms with Crippen LogP contribution in [0.25, 0.3) is 0 Å². The van der Waals surface area contributed by atoms with Crippen molar-refractivity contribution in [2.24, 2.45) is 11.7 Å². The van der Waals surface area contributed by atoms with Crippen molar-refractivity contribution < 1.29 is 8.91 Å². The molecule has 0 aliphatic rings. The van der Waals surface area contributed by atoms with Crippen molar-refractivity contribution in [2.45, 2.75) is 39.2 Å². The van der Waals surface area contributed by atoms with Crippen molar-refractivity contribution in [1.29, 1.82) is 0 Å². The zero-order chi connectivity index (χ0) is 14.9. The molecule has 0 bridgehead atoms. The van der Waals surface area contributed by atoms with Crippen LogP contribution in [-0.2, 0) is 5.41 Å². The Morgan fingerprint density at radius 1 is 1.20 bits per heavy atom. The molecule has 2 aromatic rings. The van der Waals surface area contributed by atoms with Crippen LogP contribution in [0.4, 0.5) is 4.39 Å². The average molecular weight is 277 g/mol. The van der Waals surface area contributed by atoms with E-state index in [1.807, 2.05) is 27.7 Å². The molecule has 20 heavy (non-hydrogen) atoms. The van der Waals surface area contributed by atoms with Gasteiger partial charge < -0.3 is 10.3 Å². The van der Waals surface area contributed by atoms with Crippen molar-refractivity contribution in [3.05, 3.63) is 47.4 Å². The lowest BCUT2D eigenvalue weighted by Crippen LogP contribution is -2.22. The summed E-state index contributed by atoms with van der Waals surface area (Å²) in [5, 5.41) is 4.03. The third kappa shape index (κ3) is 2.72. The Kier molecular flexibility index (Phi) is 3.90. The minimum atomic E-state index is -0.466. The fourth-order valence-corrected chi connectivity index (χ4v) is 1.91. The number of halogens is 1. The highest BCUT2D eigenvalue weighted by molar-refractivity contribution is 5.30. The standard InChI is InChI=1S/C15H20FN3O/c1-9(2)12(17)13-18-14(19-20-13)15(3,4)10-5-7-11(16)8-6-10/h5-9,12H,17H2,1-4H3/t12-/m1/s1. The lowest BCUT2D eigenvalue weighted by molar-refractivity contribution is 0.319. The van der Waals surface area contributed by atoms with Gasteiger partial charge >= 0.3 is 0 Å². The highest BCUT2D eigenvalue weighted by Gasteiger charge is 2.30. The van der Waals surface area contributed by atoms with Crippen molar-refractivity contribution in [2.75, 3.05) is 0 Å². The monoisotopic (exact) mass is 277 g/mol. The van der Waals surface area contributed by atoms with Gasteiger partial charge in [0.15, 0.2) is 5.82 Å². The normalized spacial score (nSPS) is 13.8. The molecule has 0 fully saturated rings. The zero-order valence-electron chi connectivity index (χ0n) is 12.2. The molecule has 2 N–H and O–H groups in total. The van der Waals surface area contributed by atoms with Crippen LogP contribution in [-0.4, -0.2) is 10.1 Å². The molecule has 2 rings (SSSR count). The smallest absolute Gasteiger partial charge is 0.243 e. The van der Waals surface area contributed by atoms with Gasteiger partial charge in [-0.05, 0) is 37.5 Å². The summed E-state index contributed by atoms with van der Waals surface area (Å²) in [6, 6.07) is 6.04. The molecule has 5 heteroatoms. The van der Waals surface area contributed by atoms with Crippen molar-refractivity contribution in [1.82, 2.24) is 10.1 Å². The minimum Gasteiger partial charge on any atom is -0.338 e. The summed E-state index contributed by atoms with van der Waals surface area (Å²) in [7, 11) is 0. The minimum absolute atomic E-state index is 0.220. The van der Waals surface area contributed by atoms with E-state index in [9.17, 15) is 4.39 Å². The van der Waals surface area contributed by atoms with Gasteiger partial charge in [-0.15, -0.1) is 0 Å². The molecule has 108 valence electrons. The van der Waals surface area contributed by atoms with Crippen molar-refractivity contribution in [3.63, 3.8) is 0 Å². The molecule has 0 unspecified atom stereocenters. The second-order valence-electron chi connectivity index (χ2n) is 5.86. The molecular formula is C15H20FN3O. The molecule has 1 atom stereocenters. The van der Waals surface area contributed by atoms with Gasteiger partial charge in [-0.2, -0.15) is 4.98 Å². The Morgan fingerprint density at radius 2 is 1.80 bits per heavy atom. The molecule has 0 amide bonds. The van der Waals surface area contributed by atoms with Crippen LogP contribution in [0.1, 0.15) is 51.0 Å². The van der Waals surface area contributed by atoms with Gasteiger partial charge in [-0.1, -0.05) is 31.1 Å². The third-order valence-electron chi connectivity index (χ3n) is 3.57. The van der Waals surface area contributed by atoms with E-state index in [1.54, 1.807) is 12.1 Å². The first-order valence-corrected chi connectivity index (χ1v) is 6.68. The van der Waals surface area contributed by atoms with E-state index in [0.29, 0.717) is 11.7 Å². The van der Waals surface area contributed by atoms with Gasteiger partial charge in [0, 0.05) is 0 Å². The molecule has 0 aliphatic carbocycles. The molecule has 0 aliphatic heterocycles. The van der Waals surface area contributed by atoms with Gasteiger partial charge in [-0.3, -0.25) is 0 Å². The number of rotatable bonds is 4. The molecule has 0 saturated carbocycles. The van der Waals surface area contributed by atoms with Crippen LogP contribution in [0.5, 0.6) is 0 Å². The predicted molar refractivity (Wildman–Crippen MR) is 74.6 cm³/mol. The molecule has 0 saturated heterocycles. The highest BCUT2D eigenvalue weighted by atomic mass is 19.1. The Bertz CT molecular complexity index is 575. The van der Waals surface area contributed by atoms with Crippen LogP contribution in [0.15, 0.2) is 28.8 Å². The van der Waals surface area contributed by atoms with Crippen LogP contribution in [0, 0.1) is 11.7 Å². The largest absolute Gasteiger partial charge is 0.338 e. The lowest BCUT2D eigenvalue weighted by Gasteiger charge is -2.20. The Hall–Kier alpha value is -1.75. The molecule has 1 aromatic carbocycles. The van der Waals surface area contributed by atoms with Gasteiger partial charge in [0.1, 0.15) is 5.82 Å². The molecule has 0 radical (unpaired) electrons. The van der Waals surface area contributed by atoms with E-state index in [0.717, 1.165) is 5.56 Å². The Labute approximate surface area is 118 Å². The number of hydrogen-bond acceptors (Lipinski definition) is 4. The number of nitrogens with two attached hydrogens (primary N) is 1. The number of hydrogen-bond donors (Lipinski definition) is 1. The van der Waals surface area contributed by atoms with E-state index in [1.165, 1.54) is 12.1 Å². The maximum Gasteiger partial charge on any atom is 0.243 e. The Balaban J connectivity index is 2.32. The summed E-state index contributed by atoms with van der Waals surface area (Å²) in [5.41, 5.74) is 6.46. The third-order valence-corrected chi connectivity index (χ3v) is 3.57. The van der Waals surface area contributed by atoms with Crippen molar-refractivity contribution >= 4 is 0 Å². The zero-order valence-corrected chi connectivity index (χ0v) is 12.2. The van der Waals surface area contributed by atoms with E-state index < -0.39 is 5.41 Å². The number of benzene rings is 1. The van der Waals surface area contributed by atoms with E-state index in [-0.39, 0.29) is 17.8 Å². The summed E-state index contributed by atoms with van der Waals surface area (Å²) in [6.07, 6.45) is 0. The molecular weight excluding hydrogens is 257 g/mol. The number of aromatic nitrogens is 2. The molecule has 1 heterocycles. The summed E-state index contributed by atoms with van der Waals surface area (Å²) in [4.78, 5) is 4.41. The van der Waals surface area contributed by atoms with Crippen molar-refractivity contribution in [3.8, 4) is 0 Å². The van der Waals surface area contributed by atoms with Crippen LogP contribution in [0.2, 0.25) is 0 Å². The van der Waals surface area contributed by atoms with Crippen LogP contribution < -0.4 is 5.73 Å². The van der Waals surface area contributed by atoms with Crippen LogP contribution >= 0.6 is 0 Å². The highest BCUT2D eigenvalue weighted by Crippen LogP contribution is 2.30. The van der Waals surface area contributed by atoms with Gasteiger partial charge in [0.05, 0.1) is 11.5 Å². The fourth-order valence-electron chi connectivity index (χ4n) is 1.91. The van der Waals surface area contributed by atoms with Gasteiger partial charge in [0.25, 0.3) is 0 Å². The first-order chi connectivity index (χ1) is 9.32. The maximum absolute atomic E-state index is 13.0. The number of nitrogens with zero attached hydrogens (tertiary/aromatic N) is 2. The molecule has 0 spiro atoms. The second kappa shape index (κ2) is 5.32. The predicted octanol–water partition coefficient (Wildman–Crippen LogP) is 3.19. The van der Waals surface area contributed by atoms with E-state index >= 15 is 0 Å². The Morgan fingerprint density at radius 3 is 2.35 bits per heavy atom. The average Bonchev–Trinajstić information content (AvgIpc) is 2.88. The quantitative estimate of drug-likeness (QED) is 0.932. The van der Waals surface area contributed by atoms with Gasteiger partial charge in [0.2, 0.25) is 5.89 Å².